The number of ether oxygens (including phenoxy) is 2. The van der Waals surface area contributed by atoms with Crippen molar-refractivity contribution in [2.75, 3.05) is 20.8 Å². The molecule has 0 saturated heterocycles. The molecule has 3 nitrogen and oxygen atoms in total. The third-order valence-electron chi connectivity index (χ3n) is 3.98. The fourth-order valence-electron chi connectivity index (χ4n) is 2.87. The first kappa shape index (κ1) is 15.8. The summed E-state index contributed by atoms with van der Waals surface area (Å²) in [6.07, 6.45) is 0.990. The van der Waals surface area contributed by atoms with E-state index in [-0.39, 0.29) is 6.04 Å². The molecule has 0 radical (unpaired) electrons. The maximum Gasteiger partial charge on any atom is 0.161 e. The molecule has 0 amide bonds. The topological polar surface area (TPSA) is 30.5 Å². The van der Waals surface area contributed by atoms with E-state index in [0.717, 1.165) is 33.4 Å². The molecule has 0 aliphatic carbocycles. The van der Waals surface area contributed by atoms with Crippen LogP contribution in [0.1, 0.15) is 22.7 Å². The summed E-state index contributed by atoms with van der Waals surface area (Å²) in [5, 5.41) is 3.59. The molecule has 0 aromatic heterocycles. The fourth-order valence-corrected chi connectivity index (χ4v) is 3.52. The average molecular weight is 427 g/mol. The lowest BCUT2D eigenvalue weighted by molar-refractivity contribution is 0.353. The molecule has 1 heterocycles. The normalized spacial score (nSPS) is 17.0. The Morgan fingerprint density at radius 2 is 1.73 bits per heavy atom. The third kappa shape index (κ3) is 2.90. The van der Waals surface area contributed by atoms with Crippen LogP contribution in [-0.4, -0.2) is 20.8 Å². The number of nitrogens with one attached hydrogen (secondary N) is 1. The monoisotopic (exact) mass is 425 g/mol. The van der Waals surface area contributed by atoms with Crippen LogP contribution in [0.15, 0.2) is 39.3 Å². The minimum absolute atomic E-state index is 0.160. The maximum absolute atomic E-state index is 5.46. The van der Waals surface area contributed by atoms with E-state index in [1.807, 2.05) is 0 Å². The van der Waals surface area contributed by atoms with Crippen molar-refractivity contribution in [1.82, 2.24) is 5.32 Å². The Morgan fingerprint density at radius 3 is 2.41 bits per heavy atom. The van der Waals surface area contributed by atoms with Crippen LogP contribution in [-0.2, 0) is 6.42 Å². The first-order valence-electron chi connectivity index (χ1n) is 7.07. The molecule has 0 spiro atoms. The summed E-state index contributed by atoms with van der Waals surface area (Å²) in [5.41, 5.74) is 3.78. The molecule has 2 aromatic rings. The van der Waals surface area contributed by atoms with Gasteiger partial charge in [-0.15, -0.1) is 0 Å². The highest BCUT2D eigenvalue weighted by atomic mass is 79.9. The van der Waals surface area contributed by atoms with Gasteiger partial charge in [-0.2, -0.15) is 0 Å². The van der Waals surface area contributed by atoms with E-state index in [2.05, 4.69) is 67.5 Å². The Bertz CT molecular complexity index is 703. The van der Waals surface area contributed by atoms with Crippen molar-refractivity contribution in [1.29, 1.82) is 0 Å². The van der Waals surface area contributed by atoms with Crippen molar-refractivity contribution >= 4 is 31.9 Å². The van der Waals surface area contributed by atoms with Crippen molar-refractivity contribution in [3.05, 3.63) is 56.0 Å². The average Bonchev–Trinajstić information content (AvgIpc) is 2.55. The molecule has 3 rings (SSSR count). The second kappa shape index (κ2) is 6.60. The van der Waals surface area contributed by atoms with Crippen LogP contribution in [0.2, 0.25) is 0 Å². The third-order valence-corrected chi connectivity index (χ3v) is 5.86. The number of methoxy groups -OCH3 is 2. The first-order valence-corrected chi connectivity index (χ1v) is 8.65. The number of benzene rings is 2. The minimum atomic E-state index is 0.160. The summed E-state index contributed by atoms with van der Waals surface area (Å²) in [5.74, 6) is 1.56. The van der Waals surface area contributed by atoms with Gasteiger partial charge in [-0.05, 0) is 79.2 Å². The standard InChI is InChI=1S/C17H17Br2NO2/c1-21-15-8-10-5-6-20-17(12(10)9-16(15)22-2)11-3-4-13(18)14(19)7-11/h3-4,7-9,17,20H,5-6H2,1-2H3. The van der Waals surface area contributed by atoms with Gasteiger partial charge >= 0.3 is 0 Å². The second-order valence-electron chi connectivity index (χ2n) is 5.22. The van der Waals surface area contributed by atoms with Gasteiger partial charge in [0.05, 0.1) is 20.3 Å². The van der Waals surface area contributed by atoms with Gasteiger partial charge in [0, 0.05) is 15.5 Å². The number of hydrogen-bond donors (Lipinski definition) is 1. The quantitative estimate of drug-likeness (QED) is 0.785. The summed E-state index contributed by atoms with van der Waals surface area (Å²) in [6, 6.07) is 10.7. The second-order valence-corrected chi connectivity index (χ2v) is 6.93. The Morgan fingerprint density at radius 1 is 1.00 bits per heavy atom. The molecule has 1 atom stereocenters. The Hall–Kier alpha value is -1.04. The van der Waals surface area contributed by atoms with Crippen molar-refractivity contribution in [3.63, 3.8) is 0 Å². The first-order chi connectivity index (χ1) is 10.6. The molecule has 1 aliphatic rings. The summed E-state index contributed by atoms with van der Waals surface area (Å²) in [7, 11) is 3.35. The van der Waals surface area contributed by atoms with E-state index in [4.69, 9.17) is 9.47 Å². The summed E-state index contributed by atoms with van der Waals surface area (Å²) in [6.45, 7) is 0.945. The summed E-state index contributed by atoms with van der Waals surface area (Å²) < 4.78 is 13.0. The molecule has 0 fully saturated rings. The highest BCUT2D eigenvalue weighted by Crippen LogP contribution is 2.38. The lowest BCUT2D eigenvalue weighted by atomic mass is 9.89. The number of fused-ring (bicyclic) bond motifs is 1. The highest BCUT2D eigenvalue weighted by Gasteiger charge is 2.24. The number of rotatable bonds is 3. The molecule has 1 aliphatic heterocycles. The Labute approximate surface area is 147 Å². The highest BCUT2D eigenvalue weighted by molar-refractivity contribution is 9.13. The largest absolute Gasteiger partial charge is 0.493 e. The van der Waals surface area contributed by atoms with Crippen molar-refractivity contribution in [3.8, 4) is 11.5 Å². The minimum Gasteiger partial charge on any atom is -0.493 e. The fraction of sp³-hybridized carbons (Fsp3) is 0.294. The molecular formula is C17H17Br2NO2. The van der Waals surface area contributed by atoms with Crippen LogP contribution in [0.25, 0.3) is 0 Å². The zero-order valence-electron chi connectivity index (χ0n) is 12.5. The van der Waals surface area contributed by atoms with Gasteiger partial charge in [0.1, 0.15) is 0 Å². The molecule has 22 heavy (non-hydrogen) atoms. The van der Waals surface area contributed by atoms with Crippen LogP contribution in [0.5, 0.6) is 11.5 Å². The molecule has 2 aromatic carbocycles. The smallest absolute Gasteiger partial charge is 0.161 e. The van der Waals surface area contributed by atoms with E-state index >= 15 is 0 Å². The molecule has 0 bridgehead atoms. The van der Waals surface area contributed by atoms with Crippen LogP contribution >= 0.6 is 31.9 Å². The summed E-state index contributed by atoms with van der Waals surface area (Å²) >= 11 is 7.11. The van der Waals surface area contributed by atoms with Gasteiger partial charge in [-0.1, -0.05) is 6.07 Å². The lowest BCUT2D eigenvalue weighted by Gasteiger charge is -2.28. The van der Waals surface area contributed by atoms with E-state index in [1.165, 1.54) is 16.7 Å². The van der Waals surface area contributed by atoms with Crippen LogP contribution in [0.4, 0.5) is 0 Å². The van der Waals surface area contributed by atoms with Crippen LogP contribution in [0.3, 0.4) is 0 Å². The van der Waals surface area contributed by atoms with Crippen LogP contribution in [0, 0.1) is 0 Å². The van der Waals surface area contributed by atoms with E-state index in [1.54, 1.807) is 14.2 Å². The van der Waals surface area contributed by atoms with Gasteiger partial charge < -0.3 is 14.8 Å². The molecule has 0 saturated carbocycles. The van der Waals surface area contributed by atoms with Gasteiger partial charge in [-0.25, -0.2) is 0 Å². The molecule has 5 heteroatoms. The predicted molar refractivity (Wildman–Crippen MR) is 94.9 cm³/mol. The zero-order valence-corrected chi connectivity index (χ0v) is 15.6. The van der Waals surface area contributed by atoms with Crippen molar-refractivity contribution in [2.24, 2.45) is 0 Å². The Balaban J connectivity index is 2.08. The summed E-state index contributed by atoms with van der Waals surface area (Å²) in [4.78, 5) is 0. The van der Waals surface area contributed by atoms with Gasteiger partial charge in [-0.3, -0.25) is 0 Å². The van der Waals surface area contributed by atoms with Crippen molar-refractivity contribution in [2.45, 2.75) is 12.5 Å². The van der Waals surface area contributed by atoms with E-state index < -0.39 is 0 Å². The predicted octanol–water partition coefficient (Wildman–Crippen LogP) is 4.46. The molecular weight excluding hydrogens is 410 g/mol. The SMILES string of the molecule is COc1cc2c(cc1OC)C(c1ccc(Br)c(Br)c1)NCC2. The van der Waals surface area contributed by atoms with E-state index in [9.17, 15) is 0 Å². The molecule has 116 valence electrons. The van der Waals surface area contributed by atoms with Gasteiger partial charge in [0.15, 0.2) is 11.5 Å². The number of halogens is 2. The van der Waals surface area contributed by atoms with Gasteiger partial charge in [0.25, 0.3) is 0 Å². The van der Waals surface area contributed by atoms with Gasteiger partial charge in [0.2, 0.25) is 0 Å². The van der Waals surface area contributed by atoms with Crippen molar-refractivity contribution < 1.29 is 9.47 Å². The number of hydrogen-bond acceptors (Lipinski definition) is 3. The Kier molecular flexibility index (Phi) is 4.76. The van der Waals surface area contributed by atoms with E-state index in [0.29, 0.717) is 0 Å². The lowest BCUT2D eigenvalue weighted by Crippen LogP contribution is -2.30. The molecule has 1 N–H and O–H groups in total. The maximum atomic E-state index is 5.46. The van der Waals surface area contributed by atoms with Crippen LogP contribution < -0.4 is 14.8 Å². The molecule has 1 unspecified atom stereocenters. The zero-order chi connectivity index (χ0) is 15.7.